The largest absolute Gasteiger partial charge is 0.493 e. The molecule has 2 atom stereocenters. The Morgan fingerprint density at radius 3 is 2.77 bits per heavy atom. The van der Waals surface area contributed by atoms with Gasteiger partial charge >= 0.3 is 0 Å². The number of ether oxygens (including phenoxy) is 4. The van der Waals surface area contributed by atoms with Gasteiger partial charge in [0, 0.05) is 39.4 Å². The maximum atomic E-state index is 13.3. The summed E-state index contributed by atoms with van der Waals surface area (Å²) in [6.45, 7) is 1.55. The Morgan fingerprint density at radius 2 is 1.95 bits per heavy atom. The molecule has 0 saturated carbocycles. The molecule has 11 heteroatoms. The first-order valence-electron chi connectivity index (χ1n) is 14.2. The molecule has 1 fully saturated rings. The number of anilines is 1. The van der Waals surface area contributed by atoms with Gasteiger partial charge in [0.25, 0.3) is 0 Å². The predicted molar refractivity (Wildman–Crippen MR) is 158 cm³/mol. The van der Waals surface area contributed by atoms with Crippen molar-refractivity contribution in [2.75, 3.05) is 51.9 Å². The molecular formula is C32H35N5O6. The van der Waals surface area contributed by atoms with Crippen LogP contribution in [0.15, 0.2) is 60.8 Å². The molecule has 11 nitrogen and oxygen atoms in total. The van der Waals surface area contributed by atoms with Crippen LogP contribution in [0.2, 0.25) is 0 Å². The third-order valence-corrected chi connectivity index (χ3v) is 7.52. The number of carbonyl (C=O) groups excluding carboxylic acids is 2. The molecule has 2 aromatic carbocycles. The fourth-order valence-corrected chi connectivity index (χ4v) is 5.30. The van der Waals surface area contributed by atoms with Crippen molar-refractivity contribution in [3.05, 3.63) is 77.5 Å². The number of carbonyl (C=O) groups is 2. The minimum absolute atomic E-state index is 0.114. The number of nitrogens with zero attached hydrogens (tertiary/aromatic N) is 4. The van der Waals surface area contributed by atoms with Gasteiger partial charge in [-0.1, -0.05) is 18.2 Å². The van der Waals surface area contributed by atoms with E-state index < -0.39 is 12.1 Å². The van der Waals surface area contributed by atoms with Gasteiger partial charge in [-0.15, -0.1) is 0 Å². The van der Waals surface area contributed by atoms with E-state index in [2.05, 4.69) is 16.4 Å². The minimum Gasteiger partial charge on any atom is -0.493 e. The number of amides is 2. The van der Waals surface area contributed by atoms with Gasteiger partial charge in [0.1, 0.15) is 17.6 Å². The van der Waals surface area contributed by atoms with Crippen molar-refractivity contribution in [3.63, 3.8) is 0 Å². The van der Waals surface area contributed by atoms with Crippen LogP contribution in [0.3, 0.4) is 0 Å². The van der Waals surface area contributed by atoms with Crippen LogP contribution in [-0.4, -0.2) is 80.8 Å². The molecule has 4 bridgehead atoms. The van der Waals surface area contributed by atoms with E-state index in [0.717, 1.165) is 11.1 Å². The molecule has 2 aliphatic rings. The van der Waals surface area contributed by atoms with Crippen LogP contribution in [0.25, 0.3) is 0 Å². The average Bonchev–Trinajstić information content (AvgIpc) is 3.42. The molecule has 3 aromatic rings. The highest BCUT2D eigenvalue weighted by molar-refractivity contribution is 5.85. The lowest BCUT2D eigenvalue weighted by Gasteiger charge is -2.25. The summed E-state index contributed by atoms with van der Waals surface area (Å²) in [4.78, 5) is 34.5. The van der Waals surface area contributed by atoms with E-state index in [1.54, 1.807) is 32.5 Å². The maximum Gasteiger partial charge on any atom is 0.239 e. The topological polar surface area (TPSA) is 126 Å². The van der Waals surface area contributed by atoms with Gasteiger partial charge in [0.05, 0.1) is 44.6 Å². The Labute approximate surface area is 250 Å². The van der Waals surface area contributed by atoms with Crippen LogP contribution >= 0.6 is 0 Å². The summed E-state index contributed by atoms with van der Waals surface area (Å²) in [6.07, 6.45) is 1.90. The first kappa shape index (κ1) is 29.8. The molecular weight excluding hydrogens is 550 g/mol. The first-order chi connectivity index (χ1) is 21.0. The number of hydrogen-bond acceptors (Lipinski definition) is 9. The molecule has 3 heterocycles. The van der Waals surface area contributed by atoms with E-state index in [1.165, 1.54) is 4.90 Å². The standard InChI is InChI=1S/C32H35N5O6/c1-40-14-13-36-20-30(38)35-26-18-37(32-24(17-33)6-4-12-34-32)19-29(26)42-21-23-5-3-7-25(15-23)43-28-16-22(9-11-31(36)39)8-10-27(28)41-2/h3-8,10,12,15-16,26,29H,9,11,13-14,18-21H2,1-2H3,(H,35,38)/t26-,29-/m0/s1. The lowest BCUT2D eigenvalue weighted by molar-refractivity contribution is -0.137. The second kappa shape index (κ2) is 14.0. The van der Waals surface area contributed by atoms with Crippen LogP contribution in [-0.2, 0) is 32.1 Å². The maximum absolute atomic E-state index is 13.3. The summed E-state index contributed by atoms with van der Waals surface area (Å²) in [5.74, 6) is 1.81. The molecule has 5 rings (SSSR count). The zero-order chi connectivity index (χ0) is 30.2. The normalized spacial score (nSPS) is 19.4. The number of fused-ring (bicyclic) bond motifs is 5. The second-order valence-corrected chi connectivity index (χ2v) is 10.5. The van der Waals surface area contributed by atoms with E-state index in [1.807, 2.05) is 47.4 Å². The number of methoxy groups -OCH3 is 2. The quantitative estimate of drug-likeness (QED) is 0.481. The van der Waals surface area contributed by atoms with Crippen molar-refractivity contribution in [1.82, 2.24) is 15.2 Å². The van der Waals surface area contributed by atoms with Crippen LogP contribution < -0.4 is 19.7 Å². The van der Waals surface area contributed by atoms with Crippen LogP contribution in [0.4, 0.5) is 5.82 Å². The summed E-state index contributed by atoms with van der Waals surface area (Å²) >= 11 is 0. The van der Waals surface area contributed by atoms with Crippen molar-refractivity contribution in [3.8, 4) is 23.3 Å². The first-order valence-corrected chi connectivity index (χ1v) is 14.2. The second-order valence-electron chi connectivity index (χ2n) is 10.5. The van der Waals surface area contributed by atoms with E-state index in [4.69, 9.17) is 18.9 Å². The van der Waals surface area contributed by atoms with Gasteiger partial charge < -0.3 is 34.1 Å². The molecule has 0 unspecified atom stereocenters. The molecule has 0 radical (unpaired) electrons. The number of benzene rings is 2. The molecule has 0 spiro atoms. The molecule has 1 saturated heterocycles. The monoisotopic (exact) mass is 585 g/mol. The van der Waals surface area contributed by atoms with E-state index in [-0.39, 0.29) is 37.9 Å². The Kier molecular flexibility index (Phi) is 9.71. The van der Waals surface area contributed by atoms with Crippen molar-refractivity contribution in [2.45, 2.75) is 31.6 Å². The number of rotatable bonds is 5. The molecule has 2 aliphatic heterocycles. The number of aromatic nitrogens is 1. The Morgan fingerprint density at radius 1 is 1.07 bits per heavy atom. The highest BCUT2D eigenvalue weighted by atomic mass is 16.5. The molecule has 1 aromatic heterocycles. The fourth-order valence-electron chi connectivity index (χ4n) is 5.30. The Balaban J connectivity index is 1.45. The van der Waals surface area contributed by atoms with Crippen LogP contribution in [0, 0.1) is 11.3 Å². The smallest absolute Gasteiger partial charge is 0.239 e. The van der Waals surface area contributed by atoms with Gasteiger partial charge in [-0.05, 0) is 53.9 Å². The minimum atomic E-state index is -0.402. The van der Waals surface area contributed by atoms with Crippen LogP contribution in [0.1, 0.15) is 23.1 Å². The van der Waals surface area contributed by atoms with Crippen molar-refractivity contribution in [1.29, 1.82) is 5.26 Å². The van der Waals surface area contributed by atoms with E-state index in [9.17, 15) is 14.9 Å². The highest BCUT2D eigenvalue weighted by Crippen LogP contribution is 2.33. The Hall–Kier alpha value is -4.66. The molecule has 224 valence electrons. The fraction of sp³-hybridized carbons (Fsp3) is 0.375. The molecule has 43 heavy (non-hydrogen) atoms. The summed E-state index contributed by atoms with van der Waals surface area (Å²) in [6, 6.07) is 18.4. The summed E-state index contributed by atoms with van der Waals surface area (Å²) in [5.41, 5.74) is 2.24. The van der Waals surface area contributed by atoms with Crippen molar-refractivity contribution < 1.29 is 28.5 Å². The van der Waals surface area contributed by atoms with Gasteiger partial charge in [-0.25, -0.2) is 4.98 Å². The molecule has 2 amide bonds. The number of nitriles is 1. The number of nitrogens with one attached hydrogen (secondary N) is 1. The van der Waals surface area contributed by atoms with E-state index in [0.29, 0.717) is 54.7 Å². The summed E-state index contributed by atoms with van der Waals surface area (Å²) in [7, 11) is 3.14. The summed E-state index contributed by atoms with van der Waals surface area (Å²) in [5, 5.41) is 12.7. The number of pyridine rings is 1. The van der Waals surface area contributed by atoms with Crippen LogP contribution in [0.5, 0.6) is 17.2 Å². The predicted octanol–water partition coefficient (Wildman–Crippen LogP) is 3.07. The number of aryl methyl sites for hydroxylation is 1. The third kappa shape index (κ3) is 7.41. The van der Waals surface area contributed by atoms with Gasteiger partial charge in [-0.3, -0.25) is 9.59 Å². The zero-order valence-electron chi connectivity index (χ0n) is 24.3. The van der Waals surface area contributed by atoms with Gasteiger partial charge in [0.15, 0.2) is 11.5 Å². The van der Waals surface area contributed by atoms with Crippen molar-refractivity contribution in [2.24, 2.45) is 0 Å². The van der Waals surface area contributed by atoms with E-state index >= 15 is 0 Å². The Bertz CT molecular complexity index is 1490. The molecule has 1 N–H and O–H groups in total. The van der Waals surface area contributed by atoms with Gasteiger partial charge in [0.2, 0.25) is 11.8 Å². The average molecular weight is 586 g/mol. The third-order valence-electron chi connectivity index (χ3n) is 7.52. The zero-order valence-corrected chi connectivity index (χ0v) is 24.3. The SMILES string of the molecule is COCCN1CC(=O)N[C@H]2CN(c3ncccc3C#N)C[C@@H]2OCc2cccc(c2)Oc2cc(ccc2OC)CCC1=O. The lowest BCUT2D eigenvalue weighted by atomic mass is 10.1. The molecule has 0 aliphatic carbocycles. The lowest BCUT2D eigenvalue weighted by Crippen LogP contribution is -2.49. The highest BCUT2D eigenvalue weighted by Gasteiger charge is 2.36. The summed E-state index contributed by atoms with van der Waals surface area (Å²) < 4.78 is 23.3. The van der Waals surface area contributed by atoms with Crippen molar-refractivity contribution >= 4 is 17.6 Å². The van der Waals surface area contributed by atoms with Gasteiger partial charge in [-0.2, -0.15) is 5.26 Å². The number of hydrogen-bond donors (Lipinski definition) is 1.